The van der Waals surface area contributed by atoms with Crippen molar-refractivity contribution in [3.63, 3.8) is 0 Å². The first-order valence-electron chi connectivity index (χ1n) is 7.87. The molecule has 1 unspecified atom stereocenters. The van der Waals surface area contributed by atoms with Crippen LogP contribution in [0.4, 0.5) is 0 Å². The lowest BCUT2D eigenvalue weighted by atomic mass is 10.1. The molecule has 1 saturated carbocycles. The van der Waals surface area contributed by atoms with Crippen LogP contribution in [0, 0.1) is 0 Å². The molecule has 0 aromatic heterocycles. The highest BCUT2D eigenvalue weighted by Crippen LogP contribution is 2.26. The van der Waals surface area contributed by atoms with Crippen molar-refractivity contribution >= 4 is 0 Å². The third-order valence-corrected chi connectivity index (χ3v) is 4.21. The Labute approximate surface area is 127 Å². The number of aliphatic hydroxyl groups excluding tert-OH is 1. The van der Waals surface area contributed by atoms with Crippen molar-refractivity contribution in [3.8, 4) is 11.5 Å². The van der Waals surface area contributed by atoms with Gasteiger partial charge in [0, 0.05) is 18.7 Å². The molecule has 0 spiro atoms. The van der Waals surface area contributed by atoms with E-state index < -0.39 is 6.10 Å². The van der Waals surface area contributed by atoms with Gasteiger partial charge in [-0.05, 0) is 30.5 Å². The monoisotopic (exact) mass is 293 g/mol. The molecule has 2 rings (SSSR count). The molecule has 21 heavy (non-hydrogen) atoms. The Bertz CT molecular complexity index is 406. The van der Waals surface area contributed by atoms with Gasteiger partial charge in [0.1, 0.15) is 11.5 Å². The molecule has 0 saturated heterocycles. The number of aliphatic hydroxyl groups is 1. The maximum Gasteiger partial charge on any atom is 0.122 e. The number of ether oxygens (including phenoxy) is 2. The Morgan fingerprint density at radius 3 is 2.14 bits per heavy atom. The van der Waals surface area contributed by atoms with Crippen LogP contribution in [0.3, 0.4) is 0 Å². The van der Waals surface area contributed by atoms with Crippen LogP contribution in [-0.4, -0.2) is 31.9 Å². The summed E-state index contributed by atoms with van der Waals surface area (Å²) < 4.78 is 10.5. The molecule has 1 atom stereocenters. The lowest BCUT2D eigenvalue weighted by molar-refractivity contribution is 0.167. The van der Waals surface area contributed by atoms with Crippen LogP contribution in [-0.2, 0) is 0 Å². The van der Waals surface area contributed by atoms with Crippen molar-refractivity contribution in [1.82, 2.24) is 5.32 Å². The Morgan fingerprint density at radius 2 is 1.62 bits per heavy atom. The second-order valence-electron chi connectivity index (χ2n) is 5.76. The summed E-state index contributed by atoms with van der Waals surface area (Å²) in [4.78, 5) is 0. The SMILES string of the molecule is COc1cc(OC)cc(C(O)CNC2CCCCCC2)c1. The third kappa shape index (κ3) is 4.90. The number of nitrogens with one attached hydrogen (secondary N) is 1. The minimum Gasteiger partial charge on any atom is -0.497 e. The molecule has 1 aliphatic carbocycles. The molecule has 0 amide bonds. The molecular weight excluding hydrogens is 266 g/mol. The van der Waals surface area contributed by atoms with E-state index in [2.05, 4.69) is 5.32 Å². The highest BCUT2D eigenvalue weighted by atomic mass is 16.5. The van der Waals surface area contributed by atoms with Crippen molar-refractivity contribution in [2.45, 2.75) is 50.7 Å². The van der Waals surface area contributed by atoms with E-state index in [1.807, 2.05) is 18.2 Å². The molecule has 4 heteroatoms. The average molecular weight is 293 g/mol. The van der Waals surface area contributed by atoms with Crippen LogP contribution in [0.5, 0.6) is 11.5 Å². The quantitative estimate of drug-likeness (QED) is 0.792. The van der Waals surface area contributed by atoms with Crippen molar-refractivity contribution in [1.29, 1.82) is 0 Å². The summed E-state index contributed by atoms with van der Waals surface area (Å²) in [6.45, 7) is 0.570. The van der Waals surface area contributed by atoms with Gasteiger partial charge in [-0.15, -0.1) is 0 Å². The molecule has 1 aliphatic rings. The van der Waals surface area contributed by atoms with E-state index in [9.17, 15) is 5.11 Å². The highest BCUT2D eigenvalue weighted by Gasteiger charge is 2.15. The van der Waals surface area contributed by atoms with Crippen molar-refractivity contribution in [2.75, 3.05) is 20.8 Å². The summed E-state index contributed by atoms with van der Waals surface area (Å²) in [5.74, 6) is 1.41. The van der Waals surface area contributed by atoms with Crippen molar-refractivity contribution < 1.29 is 14.6 Å². The Hall–Kier alpha value is -1.26. The predicted octanol–water partition coefficient (Wildman–Crippen LogP) is 3.05. The standard InChI is InChI=1S/C17H27NO3/c1-20-15-9-13(10-16(11-15)21-2)17(19)12-18-14-7-5-3-4-6-8-14/h9-11,14,17-19H,3-8,12H2,1-2H3. The zero-order valence-corrected chi connectivity index (χ0v) is 13.1. The first kappa shape index (κ1) is 16.1. The van der Waals surface area contributed by atoms with E-state index in [4.69, 9.17) is 9.47 Å². The molecule has 2 N–H and O–H groups in total. The molecule has 1 aromatic rings. The minimum atomic E-state index is -0.544. The Kier molecular flexibility index (Phi) is 6.33. The number of rotatable bonds is 6. The van der Waals surface area contributed by atoms with Crippen LogP contribution >= 0.6 is 0 Å². The molecule has 1 fully saturated rings. The summed E-state index contributed by atoms with van der Waals surface area (Å²) >= 11 is 0. The van der Waals surface area contributed by atoms with Crippen LogP contribution in [0.1, 0.15) is 50.2 Å². The summed E-state index contributed by atoms with van der Waals surface area (Å²) in [5, 5.41) is 13.9. The molecule has 1 aromatic carbocycles. The van der Waals surface area contributed by atoms with E-state index in [1.165, 1.54) is 38.5 Å². The lowest BCUT2D eigenvalue weighted by Gasteiger charge is -2.20. The molecule has 0 radical (unpaired) electrons. The van der Waals surface area contributed by atoms with Gasteiger partial charge in [-0.25, -0.2) is 0 Å². The van der Waals surface area contributed by atoms with Gasteiger partial charge in [0.15, 0.2) is 0 Å². The van der Waals surface area contributed by atoms with E-state index in [1.54, 1.807) is 14.2 Å². The molecule has 0 heterocycles. The summed E-state index contributed by atoms with van der Waals surface area (Å²) in [6, 6.07) is 6.08. The van der Waals surface area contributed by atoms with E-state index in [-0.39, 0.29) is 0 Å². The number of benzene rings is 1. The molecule has 0 aliphatic heterocycles. The second kappa shape index (κ2) is 8.25. The summed E-state index contributed by atoms with van der Waals surface area (Å²) in [7, 11) is 3.24. The zero-order chi connectivity index (χ0) is 15.1. The largest absolute Gasteiger partial charge is 0.497 e. The maximum atomic E-state index is 10.4. The molecule has 4 nitrogen and oxygen atoms in total. The third-order valence-electron chi connectivity index (χ3n) is 4.21. The molecular formula is C17H27NO3. The van der Waals surface area contributed by atoms with Crippen LogP contribution < -0.4 is 14.8 Å². The zero-order valence-electron chi connectivity index (χ0n) is 13.1. The smallest absolute Gasteiger partial charge is 0.122 e. The highest BCUT2D eigenvalue weighted by molar-refractivity contribution is 5.39. The van der Waals surface area contributed by atoms with E-state index in [0.29, 0.717) is 24.1 Å². The van der Waals surface area contributed by atoms with E-state index >= 15 is 0 Å². The van der Waals surface area contributed by atoms with Crippen molar-refractivity contribution in [2.24, 2.45) is 0 Å². The lowest BCUT2D eigenvalue weighted by Crippen LogP contribution is -2.32. The Morgan fingerprint density at radius 1 is 1.05 bits per heavy atom. The number of hydrogen-bond acceptors (Lipinski definition) is 4. The van der Waals surface area contributed by atoms with E-state index in [0.717, 1.165) is 5.56 Å². The number of methoxy groups -OCH3 is 2. The fraction of sp³-hybridized carbons (Fsp3) is 0.647. The minimum absolute atomic E-state index is 0.537. The van der Waals surface area contributed by atoms with Crippen LogP contribution in [0.2, 0.25) is 0 Å². The van der Waals surface area contributed by atoms with Crippen molar-refractivity contribution in [3.05, 3.63) is 23.8 Å². The summed E-state index contributed by atoms with van der Waals surface area (Å²) in [6.07, 6.45) is 7.16. The molecule has 118 valence electrons. The topological polar surface area (TPSA) is 50.7 Å². The molecule has 0 bridgehead atoms. The normalized spacial score (nSPS) is 18.0. The average Bonchev–Trinajstić information content (AvgIpc) is 2.80. The fourth-order valence-electron chi connectivity index (χ4n) is 2.90. The van der Waals surface area contributed by atoms with Gasteiger partial charge in [0.2, 0.25) is 0 Å². The second-order valence-corrected chi connectivity index (χ2v) is 5.76. The van der Waals surface area contributed by atoms with Gasteiger partial charge in [0.25, 0.3) is 0 Å². The maximum absolute atomic E-state index is 10.4. The van der Waals surface area contributed by atoms with Gasteiger partial charge in [-0.1, -0.05) is 25.7 Å². The number of hydrogen-bond donors (Lipinski definition) is 2. The predicted molar refractivity (Wildman–Crippen MR) is 84.0 cm³/mol. The van der Waals surface area contributed by atoms with Gasteiger partial charge < -0.3 is 19.9 Å². The van der Waals surface area contributed by atoms with Gasteiger partial charge in [0.05, 0.1) is 20.3 Å². The first-order valence-corrected chi connectivity index (χ1v) is 7.87. The first-order chi connectivity index (χ1) is 10.2. The Balaban J connectivity index is 1.94. The van der Waals surface area contributed by atoms with Gasteiger partial charge in [-0.3, -0.25) is 0 Å². The van der Waals surface area contributed by atoms with Crippen LogP contribution in [0.25, 0.3) is 0 Å². The van der Waals surface area contributed by atoms with Gasteiger partial charge in [-0.2, -0.15) is 0 Å². The van der Waals surface area contributed by atoms with Crippen LogP contribution in [0.15, 0.2) is 18.2 Å². The fourth-order valence-corrected chi connectivity index (χ4v) is 2.90. The summed E-state index contributed by atoms with van der Waals surface area (Å²) in [5.41, 5.74) is 0.826. The van der Waals surface area contributed by atoms with Gasteiger partial charge >= 0.3 is 0 Å².